The number of methoxy groups -OCH3 is 1. The molecule has 2 aliphatic carbocycles. The molecule has 52 heavy (non-hydrogen) atoms. The summed E-state index contributed by atoms with van der Waals surface area (Å²) in [5, 5.41) is 12.8. The minimum Gasteiger partial charge on any atom is -0.508 e. The van der Waals surface area contributed by atoms with Gasteiger partial charge in [-0.05, 0) is 86.7 Å². The van der Waals surface area contributed by atoms with E-state index in [1.54, 1.807) is 48.5 Å². The van der Waals surface area contributed by atoms with Crippen molar-refractivity contribution in [3.05, 3.63) is 131 Å². The molecule has 2 N–H and O–H groups in total. The molecule has 2 heterocycles. The minimum absolute atomic E-state index is 0.112. The van der Waals surface area contributed by atoms with Gasteiger partial charge in [0.15, 0.2) is 5.78 Å². The SMILES string of the molecule is COc1cccc(O)c1[C@H]1C2=CC[C@@H]3C(=O)N(c4ccc(C(C)=O)cc4)C(=O)[C@@H]3[C@@H]2C[C@H]2C(=O)N(Nc3ccc(C)cc3)C(=O)[C@@]12c1ccccc1. The van der Waals surface area contributed by atoms with Crippen molar-refractivity contribution in [3.8, 4) is 11.5 Å². The van der Waals surface area contributed by atoms with Crippen LogP contribution >= 0.6 is 0 Å². The normalized spacial score (nSPS) is 26.4. The summed E-state index contributed by atoms with van der Waals surface area (Å²) in [5.74, 6) is -5.71. The molecule has 6 atom stereocenters. The molecule has 0 unspecified atom stereocenters. The largest absolute Gasteiger partial charge is 0.508 e. The number of imide groups is 2. The number of rotatable bonds is 7. The van der Waals surface area contributed by atoms with Crippen LogP contribution in [0.25, 0.3) is 0 Å². The predicted octanol–water partition coefficient (Wildman–Crippen LogP) is 6.10. The number of carbonyl (C=O) groups excluding carboxylic acids is 5. The highest BCUT2D eigenvalue weighted by atomic mass is 16.5. The number of aromatic hydroxyl groups is 1. The lowest BCUT2D eigenvalue weighted by Gasteiger charge is -2.50. The molecule has 0 aromatic heterocycles. The van der Waals surface area contributed by atoms with E-state index < -0.39 is 52.7 Å². The molecule has 2 aliphatic heterocycles. The number of hydrazine groups is 1. The van der Waals surface area contributed by atoms with E-state index in [0.717, 1.165) is 10.6 Å². The first-order chi connectivity index (χ1) is 25.1. The van der Waals surface area contributed by atoms with Crippen molar-refractivity contribution in [3.63, 3.8) is 0 Å². The van der Waals surface area contributed by atoms with Gasteiger partial charge in [-0.25, -0.2) is 0 Å². The van der Waals surface area contributed by atoms with Gasteiger partial charge in [0.25, 0.3) is 11.8 Å². The van der Waals surface area contributed by atoms with Gasteiger partial charge in [0.2, 0.25) is 11.8 Å². The molecule has 4 aliphatic rings. The topological polar surface area (TPSA) is 133 Å². The zero-order chi connectivity index (χ0) is 36.5. The van der Waals surface area contributed by atoms with E-state index in [1.807, 2.05) is 55.5 Å². The molecule has 0 radical (unpaired) electrons. The summed E-state index contributed by atoms with van der Waals surface area (Å²) < 4.78 is 5.84. The van der Waals surface area contributed by atoms with Crippen LogP contribution < -0.4 is 15.1 Å². The Labute approximate surface area is 300 Å². The zero-order valence-corrected chi connectivity index (χ0v) is 28.9. The molecule has 1 saturated carbocycles. The highest BCUT2D eigenvalue weighted by molar-refractivity contribution is 6.22. The smallest absolute Gasteiger partial charge is 0.260 e. The van der Waals surface area contributed by atoms with Crippen LogP contribution in [0, 0.1) is 30.6 Å². The number of nitrogens with zero attached hydrogens (tertiary/aromatic N) is 2. The summed E-state index contributed by atoms with van der Waals surface area (Å²) in [5.41, 5.74) is 5.54. The number of amides is 4. The fourth-order valence-corrected chi connectivity index (χ4v) is 9.16. The number of anilines is 2. The Morgan fingerprint density at radius 1 is 0.846 bits per heavy atom. The first-order valence-corrected chi connectivity index (χ1v) is 17.4. The minimum atomic E-state index is -1.55. The van der Waals surface area contributed by atoms with Crippen LogP contribution in [0.5, 0.6) is 11.5 Å². The summed E-state index contributed by atoms with van der Waals surface area (Å²) in [6.45, 7) is 3.39. The highest BCUT2D eigenvalue weighted by Gasteiger charge is 2.71. The number of ether oxygens (including phenoxy) is 1. The number of carbonyl (C=O) groups is 5. The van der Waals surface area contributed by atoms with E-state index in [4.69, 9.17) is 4.74 Å². The van der Waals surface area contributed by atoms with Crippen molar-refractivity contribution < 1.29 is 33.8 Å². The fourth-order valence-electron chi connectivity index (χ4n) is 9.16. The Bertz CT molecular complexity index is 2180. The Morgan fingerprint density at radius 2 is 1.56 bits per heavy atom. The standard InChI is InChI=1S/C42H37N3O7/c1-23-12-16-27(17-13-23)43-45-39(49)32-22-31-29(20-21-30-35(31)40(50)44(38(30)48)28-18-14-25(15-19-28)24(2)46)37(36-33(47)10-7-11-34(36)52-3)42(32,41(45)51)26-8-5-4-6-9-26/h4-20,30-32,35,37,43,47H,21-22H2,1-3H3/t30-,31+,32-,35-,37+,42+/m0/s1. The third-order valence-electron chi connectivity index (χ3n) is 11.5. The quantitative estimate of drug-likeness (QED) is 0.135. The Hall–Kier alpha value is -6.03. The van der Waals surface area contributed by atoms with Crippen LogP contribution in [0.15, 0.2) is 109 Å². The van der Waals surface area contributed by atoms with E-state index in [9.17, 15) is 24.3 Å². The number of hydrogen-bond acceptors (Lipinski definition) is 8. The third-order valence-corrected chi connectivity index (χ3v) is 11.5. The van der Waals surface area contributed by atoms with Crippen molar-refractivity contribution in [1.29, 1.82) is 0 Å². The van der Waals surface area contributed by atoms with Gasteiger partial charge < -0.3 is 9.84 Å². The second kappa shape index (κ2) is 12.3. The Balaban J connectivity index is 1.32. The van der Waals surface area contributed by atoms with Crippen LogP contribution in [0.2, 0.25) is 0 Å². The average Bonchev–Trinajstić information content (AvgIpc) is 3.53. The molecule has 10 heteroatoms. The number of nitrogens with one attached hydrogen (secondary N) is 1. The molecule has 2 saturated heterocycles. The number of hydrogen-bond donors (Lipinski definition) is 2. The number of benzene rings is 4. The molecule has 262 valence electrons. The second-order valence-electron chi connectivity index (χ2n) is 14.1. The van der Waals surface area contributed by atoms with Crippen LogP contribution in [0.4, 0.5) is 11.4 Å². The van der Waals surface area contributed by atoms with Crippen LogP contribution in [0.1, 0.15) is 52.7 Å². The number of Topliss-reactive ketones (excluding diaryl/α,β-unsaturated/α-hetero) is 1. The predicted molar refractivity (Wildman–Crippen MR) is 192 cm³/mol. The van der Waals surface area contributed by atoms with Gasteiger partial charge in [-0.2, -0.15) is 5.01 Å². The van der Waals surface area contributed by atoms with Gasteiger partial charge in [0.05, 0.1) is 41.7 Å². The number of phenols is 1. The summed E-state index contributed by atoms with van der Waals surface area (Å²) >= 11 is 0. The van der Waals surface area contributed by atoms with Crippen molar-refractivity contribution in [2.24, 2.45) is 23.7 Å². The van der Waals surface area contributed by atoms with Crippen molar-refractivity contribution >= 4 is 40.8 Å². The third kappa shape index (κ3) is 4.73. The zero-order valence-electron chi connectivity index (χ0n) is 28.9. The average molecular weight is 696 g/mol. The molecular formula is C42H37N3O7. The lowest BCUT2D eigenvalue weighted by molar-refractivity contribution is -0.138. The van der Waals surface area contributed by atoms with Gasteiger partial charge in [-0.15, -0.1) is 0 Å². The van der Waals surface area contributed by atoms with Crippen LogP contribution in [-0.2, 0) is 24.6 Å². The number of fused-ring (bicyclic) bond motifs is 4. The van der Waals surface area contributed by atoms with E-state index in [0.29, 0.717) is 39.4 Å². The number of phenolic OH excluding ortho intramolecular Hbond substituents is 1. The van der Waals surface area contributed by atoms with Gasteiger partial charge >= 0.3 is 0 Å². The van der Waals surface area contributed by atoms with Gasteiger partial charge in [0.1, 0.15) is 11.5 Å². The monoisotopic (exact) mass is 695 g/mol. The molecule has 0 spiro atoms. The Morgan fingerprint density at radius 3 is 2.23 bits per heavy atom. The number of aryl methyl sites for hydroxylation is 1. The lowest BCUT2D eigenvalue weighted by atomic mass is 9.49. The van der Waals surface area contributed by atoms with Gasteiger partial charge in [-0.1, -0.05) is 65.7 Å². The van der Waals surface area contributed by atoms with E-state index in [-0.39, 0.29) is 30.3 Å². The maximum atomic E-state index is 15.3. The summed E-state index contributed by atoms with van der Waals surface area (Å²) in [6.07, 6.45) is 2.27. The number of ketones is 1. The van der Waals surface area contributed by atoms with Gasteiger partial charge in [-0.3, -0.25) is 34.3 Å². The van der Waals surface area contributed by atoms with Crippen LogP contribution in [0.3, 0.4) is 0 Å². The van der Waals surface area contributed by atoms with Crippen molar-refractivity contribution in [2.75, 3.05) is 17.4 Å². The van der Waals surface area contributed by atoms with Crippen molar-refractivity contribution in [2.45, 2.75) is 38.0 Å². The maximum absolute atomic E-state index is 15.3. The second-order valence-corrected chi connectivity index (χ2v) is 14.1. The molecule has 8 rings (SSSR count). The fraction of sp³-hybridized carbons (Fsp3) is 0.262. The molecule has 4 amide bonds. The summed E-state index contributed by atoms with van der Waals surface area (Å²) in [7, 11) is 1.48. The molecule has 10 nitrogen and oxygen atoms in total. The molecule has 4 aromatic carbocycles. The number of allylic oxidation sites excluding steroid dienone is 2. The van der Waals surface area contributed by atoms with Gasteiger partial charge in [0, 0.05) is 17.0 Å². The summed E-state index contributed by atoms with van der Waals surface area (Å²) in [4.78, 5) is 71.9. The molecule has 4 aromatic rings. The van der Waals surface area contributed by atoms with E-state index >= 15 is 4.79 Å². The lowest BCUT2D eigenvalue weighted by Crippen LogP contribution is -2.53. The van der Waals surface area contributed by atoms with E-state index in [2.05, 4.69) is 5.43 Å². The maximum Gasteiger partial charge on any atom is 0.260 e. The summed E-state index contributed by atoms with van der Waals surface area (Å²) in [6, 6.07) is 27.8. The highest BCUT2D eigenvalue weighted by Crippen LogP contribution is 2.66. The Kier molecular flexibility index (Phi) is 7.86. The molecular weight excluding hydrogens is 658 g/mol. The molecule has 0 bridgehead atoms. The van der Waals surface area contributed by atoms with Crippen LogP contribution in [-0.4, -0.2) is 46.6 Å². The molecule has 3 fully saturated rings. The first-order valence-electron chi connectivity index (χ1n) is 17.4. The first kappa shape index (κ1) is 33.1. The van der Waals surface area contributed by atoms with E-state index in [1.165, 1.54) is 25.0 Å². The van der Waals surface area contributed by atoms with Crippen molar-refractivity contribution in [1.82, 2.24) is 5.01 Å².